The van der Waals surface area contributed by atoms with Gasteiger partial charge in [0, 0.05) is 57.0 Å². The number of ether oxygens (including phenoxy) is 1. The lowest BCUT2D eigenvalue weighted by Crippen LogP contribution is -2.38. The van der Waals surface area contributed by atoms with E-state index in [2.05, 4.69) is 22.0 Å². The highest BCUT2D eigenvalue weighted by atomic mass is 16.5. The molecule has 0 bridgehead atoms. The molecule has 1 amide bonds. The molecule has 0 spiro atoms. The molecule has 0 radical (unpaired) electrons. The van der Waals surface area contributed by atoms with Gasteiger partial charge in [-0.2, -0.15) is 0 Å². The largest absolute Gasteiger partial charge is 0.497 e. The summed E-state index contributed by atoms with van der Waals surface area (Å²) < 4.78 is 5.33. The molecule has 0 unspecified atom stereocenters. The third-order valence-electron chi connectivity index (χ3n) is 5.78. The highest BCUT2D eigenvalue weighted by Gasteiger charge is 2.29. The molecule has 3 heterocycles. The predicted molar refractivity (Wildman–Crippen MR) is 107 cm³/mol. The smallest absolute Gasteiger partial charge is 0.220 e. The Kier molecular flexibility index (Phi) is 5.57. The average Bonchev–Trinajstić information content (AvgIpc) is 2.73. The van der Waals surface area contributed by atoms with Crippen molar-refractivity contribution in [2.75, 3.05) is 20.2 Å². The van der Waals surface area contributed by atoms with Gasteiger partial charge in [-0.1, -0.05) is 12.1 Å². The topological polar surface area (TPSA) is 58.6 Å². The van der Waals surface area contributed by atoms with Crippen molar-refractivity contribution < 1.29 is 9.53 Å². The van der Waals surface area contributed by atoms with Gasteiger partial charge in [0.15, 0.2) is 5.82 Å². The zero-order chi connectivity index (χ0) is 19.5. The standard InChI is InChI=1S/C22H28N4O2/c1-16(27)26-10-4-3-8-21(26)22-23-13-18-15-25(11-9-20(18)24-22)14-17-6-5-7-19(12-17)28-2/h5-7,12-13,21H,3-4,8-11,14-15H2,1-2H3/t21-/m0/s1. The van der Waals surface area contributed by atoms with Crippen LogP contribution in [0.1, 0.15) is 54.9 Å². The molecular formula is C22H28N4O2. The van der Waals surface area contributed by atoms with Gasteiger partial charge in [0.1, 0.15) is 5.75 Å². The fraction of sp³-hybridized carbons (Fsp3) is 0.500. The zero-order valence-corrected chi connectivity index (χ0v) is 16.7. The van der Waals surface area contributed by atoms with Gasteiger partial charge in [-0.3, -0.25) is 9.69 Å². The van der Waals surface area contributed by atoms with Crippen LogP contribution in [0.3, 0.4) is 0 Å². The van der Waals surface area contributed by atoms with Crippen molar-refractivity contribution in [3.05, 3.63) is 53.1 Å². The molecule has 0 N–H and O–H groups in total. The molecule has 2 aromatic rings. The molecule has 0 saturated carbocycles. The number of hydrogen-bond donors (Lipinski definition) is 0. The van der Waals surface area contributed by atoms with E-state index in [4.69, 9.17) is 9.72 Å². The van der Waals surface area contributed by atoms with E-state index in [1.807, 2.05) is 23.2 Å². The van der Waals surface area contributed by atoms with Crippen molar-refractivity contribution in [2.45, 2.75) is 51.7 Å². The summed E-state index contributed by atoms with van der Waals surface area (Å²) >= 11 is 0. The van der Waals surface area contributed by atoms with Crippen LogP contribution in [0, 0.1) is 0 Å². The Labute approximate surface area is 166 Å². The second-order valence-corrected chi connectivity index (χ2v) is 7.74. The first-order chi connectivity index (χ1) is 13.6. The van der Waals surface area contributed by atoms with Crippen molar-refractivity contribution in [3.8, 4) is 5.75 Å². The Hall–Kier alpha value is -2.47. The average molecular weight is 380 g/mol. The van der Waals surface area contributed by atoms with Crippen LogP contribution in [0.4, 0.5) is 0 Å². The Bertz CT molecular complexity index is 854. The zero-order valence-electron chi connectivity index (χ0n) is 16.7. The van der Waals surface area contributed by atoms with E-state index in [-0.39, 0.29) is 11.9 Å². The molecular weight excluding hydrogens is 352 g/mol. The van der Waals surface area contributed by atoms with Crippen molar-refractivity contribution in [1.29, 1.82) is 0 Å². The van der Waals surface area contributed by atoms with Crippen molar-refractivity contribution >= 4 is 5.91 Å². The second kappa shape index (κ2) is 8.27. The van der Waals surface area contributed by atoms with Crippen LogP contribution in [-0.4, -0.2) is 45.9 Å². The van der Waals surface area contributed by atoms with Gasteiger partial charge in [-0.15, -0.1) is 0 Å². The quantitative estimate of drug-likeness (QED) is 0.816. The maximum absolute atomic E-state index is 12.0. The molecule has 148 valence electrons. The van der Waals surface area contributed by atoms with Crippen molar-refractivity contribution in [1.82, 2.24) is 19.8 Å². The van der Waals surface area contributed by atoms with Crippen LogP contribution in [0.5, 0.6) is 5.75 Å². The van der Waals surface area contributed by atoms with Crippen LogP contribution in [0.15, 0.2) is 30.5 Å². The summed E-state index contributed by atoms with van der Waals surface area (Å²) in [6.07, 6.45) is 6.05. The fourth-order valence-electron chi connectivity index (χ4n) is 4.29. The molecule has 1 aromatic heterocycles. The number of amides is 1. The molecule has 6 heteroatoms. The minimum absolute atomic E-state index is 0.0337. The summed E-state index contributed by atoms with van der Waals surface area (Å²) in [5.41, 5.74) is 3.59. The number of rotatable bonds is 4. The van der Waals surface area contributed by atoms with Crippen LogP contribution in [-0.2, 0) is 24.3 Å². The van der Waals surface area contributed by atoms with E-state index in [0.717, 1.165) is 69.1 Å². The molecule has 0 aliphatic carbocycles. The molecule has 1 atom stereocenters. The monoisotopic (exact) mass is 380 g/mol. The van der Waals surface area contributed by atoms with E-state index in [1.54, 1.807) is 14.0 Å². The number of methoxy groups -OCH3 is 1. The predicted octanol–water partition coefficient (Wildman–Crippen LogP) is 3.12. The van der Waals surface area contributed by atoms with E-state index >= 15 is 0 Å². The van der Waals surface area contributed by atoms with E-state index < -0.39 is 0 Å². The number of nitrogens with zero attached hydrogens (tertiary/aromatic N) is 4. The third-order valence-corrected chi connectivity index (χ3v) is 5.78. The Balaban J connectivity index is 1.47. The van der Waals surface area contributed by atoms with Gasteiger partial charge in [-0.25, -0.2) is 9.97 Å². The first-order valence-electron chi connectivity index (χ1n) is 10.1. The number of piperidine rings is 1. The summed E-state index contributed by atoms with van der Waals surface area (Å²) in [5, 5.41) is 0. The van der Waals surface area contributed by atoms with Gasteiger partial charge in [-0.05, 0) is 37.0 Å². The molecule has 1 aromatic carbocycles. The summed E-state index contributed by atoms with van der Waals surface area (Å²) in [6, 6.07) is 8.27. The van der Waals surface area contributed by atoms with Crippen molar-refractivity contribution in [3.63, 3.8) is 0 Å². The number of fused-ring (bicyclic) bond motifs is 1. The summed E-state index contributed by atoms with van der Waals surface area (Å²) in [4.78, 5) is 25.9. The first kappa shape index (κ1) is 18.9. The second-order valence-electron chi connectivity index (χ2n) is 7.74. The number of hydrogen-bond acceptors (Lipinski definition) is 5. The maximum Gasteiger partial charge on any atom is 0.220 e. The number of benzene rings is 1. The number of aromatic nitrogens is 2. The lowest BCUT2D eigenvalue weighted by atomic mass is 10.0. The summed E-state index contributed by atoms with van der Waals surface area (Å²) in [6.45, 7) is 5.18. The van der Waals surface area contributed by atoms with Crippen LogP contribution < -0.4 is 4.74 Å². The van der Waals surface area contributed by atoms with Gasteiger partial charge in [0.2, 0.25) is 5.91 Å². The molecule has 28 heavy (non-hydrogen) atoms. The molecule has 2 aliphatic rings. The normalized spacial score (nSPS) is 19.9. The van der Waals surface area contributed by atoms with Gasteiger partial charge in [0.25, 0.3) is 0 Å². The number of carbonyl (C=O) groups excluding carboxylic acids is 1. The molecule has 1 fully saturated rings. The lowest BCUT2D eigenvalue weighted by molar-refractivity contribution is -0.132. The van der Waals surface area contributed by atoms with Gasteiger partial charge < -0.3 is 9.64 Å². The van der Waals surface area contributed by atoms with E-state index in [0.29, 0.717) is 0 Å². The summed E-state index contributed by atoms with van der Waals surface area (Å²) in [5.74, 6) is 1.83. The van der Waals surface area contributed by atoms with Crippen LogP contribution in [0.25, 0.3) is 0 Å². The third kappa shape index (κ3) is 4.02. The molecule has 6 nitrogen and oxygen atoms in total. The minimum atomic E-state index is 0.0337. The Morgan fingerprint density at radius 3 is 3.00 bits per heavy atom. The van der Waals surface area contributed by atoms with Gasteiger partial charge in [0.05, 0.1) is 13.2 Å². The SMILES string of the molecule is COc1cccc(CN2CCc3nc([C@@H]4CCCCN4C(C)=O)ncc3C2)c1. The molecule has 1 saturated heterocycles. The van der Waals surface area contributed by atoms with Crippen LogP contribution >= 0.6 is 0 Å². The first-order valence-corrected chi connectivity index (χ1v) is 10.1. The van der Waals surface area contributed by atoms with E-state index in [9.17, 15) is 4.79 Å². The van der Waals surface area contributed by atoms with Gasteiger partial charge >= 0.3 is 0 Å². The fourth-order valence-corrected chi connectivity index (χ4v) is 4.29. The summed E-state index contributed by atoms with van der Waals surface area (Å²) in [7, 11) is 1.70. The lowest BCUT2D eigenvalue weighted by Gasteiger charge is -2.35. The molecule has 2 aliphatic heterocycles. The molecule has 4 rings (SSSR count). The highest BCUT2D eigenvalue weighted by Crippen LogP contribution is 2.30. The number of likely N-dealkylation sites (tertiary alicyclic amines) is 1. The maximum atomic E-state index is 12.0. The van der Waals surface area contributed by atoms with Crippen LogP contribution in [0.2, 0.25) is 0 Å². The van der Waals surface area contributed by atoms with E-state index in [1.165, 1.54) is 11.1 Å². The Morgan fingerprint density at radius 1 is 1.29 bits per heavy atom. The minimum Gasteiger partial charge on any atom is -0.497 e. The Morgan fingerprint density at radius 2 is 2.18 bits per heavy atom. The highest BCUT2D eigenvalue weighted by molar-refractivity contribution is 5.73. The van der Waals surface area contributed by atoms with Crippen molar-refractivity contribution in [2.24, 2.45) is 0 Å². The number of carbonyl (C=O) groups is 1.